The predicted molar refractivity (Wildman–Crippen MR) is 176 cm³/mol. The summed E-state index contributed by atoms with van der Waals surface area (Å²) >= 11 is 0. The van der Waals surface area contributed by atoms with E-state index in [0.717, 1.165) is 46.5 Å². The normalized spacial score (nSPS) is 17.9. The third-order valence-corrected chi connectivity index (χ3v) is 8.21. The number of aliphatic carboxylic acids is 1. The molecular formula is C38H42N2O6. The van der Waals surface area contributed by atoms with Gasteiger partial charge in [-0.05, 0) is 46.8 Å². The van der Waals surface area contributed by atoms with Crippen molar-refractivity contribution in [3.63, 3.8) is 0 Å². The van der Waals surface area contributed by atoms with Crippen LogP contribution < -0.4 is 5.32 Å². The Morgan fingerprint density at radius 2 is 1.52 bits per heavy atom. The SMILES string of the molecule is CN(Cc1ccccc1)CC1CC(c2ccc(CO)cc2)OC(c2ccc(-c3ccccc3CNC(=O)CCCC(=O)O)cc2)O1. The second-order valence-electron chi connectivity index (χ2n) is 11.8. The van der Waals surface area contributed by atoms with Gasteiger partial charge in [-0.15, -0.1) is 0 Å². The van der Waals surface area contributed by atoms with Crippen molar-refractivity contribution in [3.8, 4) is 11.1 Å². The predicted octanol–water partition coefficient (Wildman–Crippen LogP) is 6.39. The molecule has 0 spiro atoms. The lowest BCUT2D eigenvalue weighted by Crippen LogP contribution is -2.37. The van der Waals surface area contributed by atoms with E-state index in [1.54, 1.807) is 0 Å². The Morgan fingerprint density at radius 1 is 0.826 bits per heavy atom. The first-order valence-corrected chi connectivity index (χ1v) is 15.8. The largest absolute Gasteiger partial charge is 0.481 e. The quantitative estimate of drug-likeness (QED) is 0.150. The smallest absolute Gasteiger partial charge is 0.303 e. The molecule has 3 unspecified atom stereocenters. The highest BCUT2D eigenvalue weighted by molar-refractivity contribution is 5.77. The van der Waals surface area contributed by atoms with Gasteiger partial charge in [-0.2, -0.15) is 0 Å². The van der Waals surface area contributed by atoms with Crippen LogP contribution in [0.15, 0.2) is 103 Å². The van der Waals surface area contributed by atoms with Gasteiger partial charge in [0, 0.05) is 44.5 Å². The Balaban J connectivity index is 1.29. The van der Waals surface area contributed by atoms with Crippen molar-refractivity contribution in [2.75, 3.05) is 13.6 Å². The summed E-state index contributed by atoms with van der Waals surface area (Å²) in [6.45, 7) is 1.92. The molecule has 0 saturated carbocycles. The van der Waals surface area contributed by atoms with Crippen molar-refractivity contribution in [2.45, 2.75) is 63.9 Å². The Hall–Kier alpha value is -4.34. The maximum Gasteiger partial charge on any atom is 0.303 e. The van der Waals surface area contributed by atoms with E-state index in [1.807, 2.05) is 78.9 Å². The van der Waals surface area contributed by atoms with Gasteiger partial charge in [0.2, 0.25) is 5.91 Å². The molecule has 1 aliphatic rings. The average molecular weight is 623 g/mol. The number of benzene rings is 4. The minimum absolute atomic E-state index is 0.000907. The minimum Gasteiger partial charge on any atom is -0.481 e. The fourth-order valence-corrected chi connectivity index (χ4v) is 5.80. The molecule has 3 N–H and O–H groups in total. The van der Waals surface area contributed by atoms with E-state index in [9.17, 15) is 14.7 Å². The zero-order valence-electron chi connectivity index (χ0n) is 26.2. The molecule has 0 aliphatic carbocycles. The summed E-state index contributed by atoms with van der Waals surface area (Å²) in [6, 6.07) is 34.4. The van der Waals surface area contributed by atoms with E-state index in [4.69, 9.17) is 14.6 Å². The number of hydrogen-bond acceptors (Lipinski definition) is 6. The zero-order chi connectivity index (χ0) is 32.3. The molecule has 3 atom stereocenters. The zero-order valence-corrected chi connectivity index (χ0v) is 26.2. The lowest BCUT2D eigenvalue weighted by atomic mass is 9.97. The van der Waals surface area contributed by atoms with E-state index in [2.05, 4.69) is 41.5 Å². The van der Waals surface area contributed by atoms with Gasteiger partial charge in [0.05, 0.1) is 18.8 Å². The maximum absolute atomic E-state index is 12.3. The van der Waals surface area contributed by atoms with Gasteiger partial charge in [0.15, 0.2) is 6.29 Å². The number of amides is 1. The molecule has 0 bridgehead atoms. The van der Waals surface area contributed by atoms with Crippen molar-refractivity contribution in [1.29, 1.82) is 0 Å². The van der Waals surface area contributed by atoms with Crippen LogP contribution in [0.25, 0.3) is 11.1 Å². The van der Waals surface area contributed by atoms with E-state index >= 15 is 0 Å². The van der Waals surface area contributed by atoms with Crippen LogP contribution in [0, 0.1) is 0 Å². The van der Waals surface area contributed by atoms with Crippen molar-refractivity contribution in [2.24, 2.45) is 0 Å². The summed E-state index contributed by atoms with van der Waals surface area (Å²) in [7, 11) is 2.11. The van der Waals surface area contributed by atoms with Gasteiger partial charge in [-0.3, -0.25) is 14.5 Å². The standard InChI is InChI=1S/C38H42N2O6/c1-40(24-27-8-3-2-4-9-27)25-33-22-35(30-16-14-28(26-41)15-17-30)46-38(45-33)31-20-18-29(19-21-31)34-11-6-5-10-32(34)23-39-36(42)12-7-13-37(43)44/h2-6,8-11,14-21,33,35,38,41H,7,12-13,22-26H2,1H3,(H,39,42)(H,43,44). The topological polar surface area (TPSA) is 108 Å². The number of aliphatic hydroxyl groups excluding tert-OH is 1. The van der Waals surface area contributed by atoms with Crippen LogP contribution in [0.3, 0.4) is 0 Å². The highest BCUT2D eigenvalue weighted by Crippen LogP contribution is 2.39. The number of ether oxygens (including phenoxy) is 2. The van der Waals surface area contributed by atoms with Crippen LogP contribution in [-0.4, -0.2) is 46.7 Å². The van der Waals surface area contributed by atoms with E-state index in [-0.39, 0.29) is 37.6 Å². The van der Waals surface area contributed by atoms with Crippen LogP contribution in [0.2, 0.25) is 0 Å². The van der Waals surface area contributed by atoms with Gasteiger partial charge in [-0.1, -0.05) is 103 Å². The molecule has 46 heavy (non-hydrogen) atoms. The molecule has 1 saturated heterocycles. The Bertz CT molecular complexity index is 1560. The lowest BCUT2D eigenvalue weighted by molar-refractivity contribution is -0.252. The van der Waals surface area contributed by atoms with E-state index in [0.29, 0.717) is 19.4 Å². The molecule has 1 fully saturated rings. The van der Waals surface area contributed by atoms with E-state index in [1.165, 1.54) is 5.56 Å². The molecule has 1 amide bonds. The molecule has 8 heteroatoms. The second kappa shape index (κ2) is 16.3. The summed E-state index contributed by atoms with van der Waals surface area (Å²) in [5.41, 5.74) is 7.06. The van der Waals surface area contributed by atoms with Crippen molar-refractivity contribution < 1.29 is 29.3 Å². The number of hydrogen-bond donors (Lipinski definition) is 3. The van der Waals surface area contributed by atoms with Crippen molar-refractivity contribution >= 4 is 11.9 Å². The fourth-order valence-electron chi connectivity index (χ4n) is 5.80. The number of carbonyl (C=O) groups is 2. The van der Waals surface area contributed by atoms with Gasteiger partial charge >= 0.3 is 5.97 Å². The summed E-state index contributed by atoms with van der Waals surface area (Å²) in [6.07, 6.45) is 0.402. The first-order chi connectivity index (χ1) is 22.4. The second-order valence-corrected chi connectivity index (χ2v) is 11.8. The number of nitrogens with one attached hydrogen (secondary N) is 1. The third kappa shape index (κ3) is 9.34. The molecule has 5 rings (SSSR count). The third-order valence-electron chi connectivity index (χ3n) is 8.21. The van der Waals surface area contributed by atoms with Gasteiger partial charge < -0.3 is 25.0 Å². The molecule has 1 aliphatic heterocycles. The number of rotatable bonds is 14. The van der Waals surface area contributed by atoms with Crippen LogP contribution >= 0.6 is 0 Å². The summed E-state index contributed by atoms with van der Waals surface area (Å²) in [5.74, 6) is -1.06. The number of carbonyl (C=O) groups excluding carboxylic acids is 1. The van der Waals surface area contributed by atoms with Crippen LogP contribution in [-0.2, 0) is 38.8 Å². The molecule has 0 radical (unpaired) electrons. The molecule has 0 aromatic heterocycles. The van der Waals surface area contributed by atoms with Crippen LogP contribution in [0.5, 0.6) is 0 Å². The Labute approximate surface area is 270 Å². The van der Waals surface area contributed by atoms with Gasteiger partial charge in [-0.25, -0.2) is 0 Å². The Kier molecular flexibility index (Phi) is 11.7. The van der Waals surface area contributed by atoms with Gasteiger partial charge in [0.25, 0.3) is 0 Å². The molecule has 1 heterocycles. The number of carboxylic acids is 1. The first kappa shape index (κ1) is 33.0. The minimum atomic E-state index is -0.899. The molecule has 8 nitrogen and oxygen atoms in total. The lowest BCUT2D eigenvalue weighted by Gasteiger charge is -2.38. The highest BCUT2D eigenvalue weighted by Gasteiger charge is 2.32. The Morgan fingerprint density at radius 3 is 2.24 bits per heavy atom. The fraction of sp³-hybridized carbons (Fsp3) is 0.316. The highest BCUT2D eigenvalue weighted by atomic mass is 16.7. The average Bonchev–Trinajstić information content (AvgIpc) is 3.07. The number of nitrogens with zero attached hydrogens (tertiary/aromatic N) is 1. The molecule has 240 valence electrons. The monoisotopic (exact) mass is 622 g/mol. The number of likely N-dealkylation sites (N-methyl/N-ethyl adjacent to an activating group) is 1. The molecular weight excluding hydrogens is 580 g/mol. The summed E-state index contributed by atoms with van der Waals surface area (Å²) in [4.78, 5) is 25.3. The van der Waals surface area contributed by atoms with Crippen LogP contribution in [0.1, 0.15) is 65.9 Å². The van der Waals surface area contributed by atoms with E-state index < -0.39 is 12.3 Å². The first-order valence-electron chi connectivity index (χ1n) is 15.8. The molecule has 4 aromatic carbocycles. The summed E-state index contributed by atoms with van der Waals surface area (Å²) in [5, 5.41) is 21.3. The summed E-state index contributed by atoms with van der Waals surface area (Å²) < 4.78 is 13.1. The maximum atomic E-state index is 12.3. The van der Waals surface area contributed by atoms with Crippen LogP contribution in [0.4, 0.5) is 0 Å². The van der Waals surface area contributed by atoms with Crippen molar-refractivity contribution in [1.82, 2.24) is 10.2 Å². The van der Waals surface area contributed by atoms with Gasteiger partial charge in [0.1, 0.15) is 0 Å². The number of carboxylic acid groups (broad SMARTS) is 1. The molecule has 4 aromatic rings. The number of aliphatic hydroxyl groups is 1. The van der Waals surface area contributed by atoms with Crippen molar-refractivity contribution in [3.05, 3.63) is 131 Å².